The van der Waals surface area contributed by atoms with Gasteiger partial charge in [0.2, 0.25) is 0 Å². The fourth-order valence-corrected chi connectivity index (χ4v) is 2.20. The van der Waals surface area contributed by atoms with E-state index in [1.165, 1.54) is 7.11 Å². The van der Waals surface area contributed by atoms with Gasteiger partial charge in [-0.25, -0.2) is 0 Å². The summed E-state index contributed by atoms with van der Waals surface area (Å²) in [7, 11) is 1.43. The summed E-state index contributed by atoms with van der Waals surface area (Å²) in [5.74, 6) is -0.160. The molecule has 0 bridgehead atoms. The third-order valence-electron chi connectivity index (χ3n) is 3.47. The van der Waals surface area contributed by atoms with E-state index in [9.17, 15) is 9.90 Å². The van der Waals surface area contributed by atoms with Crippen LogP contribution in [0.5, 0.6) is 0 Å². The van der Waals surface area contributed by atoms with Crippen LogP contribution in [-0.2, 0) is 9.53 Å². The molecule has 1 N–H and O–H groups in total. The number of methoxy groups -OCH3 is 1. The molecule has 0 unspecified atom stereocenters. The van der Waals surface area contributed by atoms with Gasteiger partial charge in [0, 0.05) is 6.04 Å². The van der Waals surface area contributed by atoms with Crippen LogP contribution in [0, 0.1) is 5.41 Å². The molecule has 1 atom stereocenters. The molecule has 1 heterocycles. The number of carbonyl (C=O) groups is 1. The molecule has 0 amide bonds. The highest BCUT2D eigenvalue weighted by Crippen LogP contribution is 2.25. The monoisotopic (exact) mass is 229 g/mol. The maximum Gasteiger partial charge on any atom is 0.311 e. The van der Waals surface area contributed by atoms with E-state index < -0.39 is 5.41 Å². The van der Waals surface area contributed by atoms with E-state index in [1.807, 2.05) is 13.8 Å². The average Bonchev–Trinajstić information content (AvgIpc) is 2.72. The van der Waals surface area contributed by atoms with E-state index >= 15 is 0 Å². The molecule has 1 rings (SSSR count). The number of esters is 1. The Labute approximate surface area is 97.6 Å². The number of hydrogen-bond donors (Lipinski definition) is 1. The minimum atomic E-state index is -0.433. The Kier molecular flexibility index (Phi) is 4.74. The van der Waals surface area contributed by atoms with Crippen LogP contribution in [0.15, 0.2) is 0 Å². The van der Waals surface area contributed by atoms with Crippen molar-refractivity contribution in [2.75, 3.05) is 26.8 Å². The molecule has 1 aliphatic heterocycles. The van der Waals surface area contributed by atoms with E-state index in [-0.39, 0.29) is 18.6 Å². The molecule has 0 aliphatic carbocycles. The van der Waals surface area contributed by atoms with Gasteiger partial charge in [-0.15, -0.1) is 0 Å². The van der Waals surface area contributed by atoms with Crippen molar-refractivity contribution in [1.82, 2.24) is 4.90 Å². The van der Waals surface area contributed by atoms with E-state index in [4.69, 9.17) is 4.74 Å². The maximum atomic E-state index is 11.5. The van der Waals surface area contributed by atoms with Gasteiger partial charge in [-0.05, 0) is 46.2 Å². The first kappa shape index (κ1) is 13.5. The van der Waals surface area contributed by atoms with Crippen LogP contribution < -0.4 is 0 Å². The van der Waals surface area contributed by atoms with Gasteiger partial charge in [0.1, 0.15) is 0 Å². The molecular formula is C12H23NO3. The van der Waals surface area contributed by atoms with Crippen molar-refractivity contribution in [2.24, 2.45) is 5.41 Å². The number of aliphatic hydroxyl groups is 1. The van der Waals surface area contributed by atoms with E-state index in [0.717, 1.165) is 32.4 Å². The zero-order valence-electron chi connectivity index (χ0n) is 10.5. The van der Waals surface area contributed by atoms with Crippen LogP contribution in [0.3, 0.4) is 0 Å². The summed E-state index contributed by atoms with van der Waals surface area (Å²) in [6, 6.07) is 0.286. The van der Waals surface area contributed by atoms with E-state index in [1.54, 1.807) is 0 Å². The molecule has 0 aromatic rings. The third-order valence-corrected chi connectivity index (χ3v) is 3.47. The number of rotatable bonds is 5. The molecule has 0 aromatic carbocycles. The fourth-order valence-electron chi connectivity index (χ4n) is 2.20. The van der Waals surface area contributed by atoms with Crippen LogP contribution in [0.25, 0.3) is 0 Å². The summed E-state index contributed by atoms with van der Waals surface area (Å²) < 4.78 is 4.78. The van der Waals surface area contributed by atoms with Crippen molar-refractivity contribution in [3.05, 3.63) is 0 Å². The highest BCUT2D eigenvalue weighted by molar-refractivity contribution is 5.75. The second kappa shape index (κ2) is 5.64. The van der Waals surface area contributed by atoms with Crippen LogP contribution in [-0.4, -0.2) is 48.8 Å². The standard InChI is InChI=1S/C12H23NO3/c1-12(2,11(15)16-3)6-8-13-7-4-5-10(13)9-14/h10,14H,4-9H2,1-3H3/t10-/m1/s1. The molecule has 4 heteroatoms. The first-order chi connectivity index (χ1) is 7.51. The Hall–Kier alpha value is -0.610. The van der Waals surface area contributed by atoms with Gasteiger partial charge in [0.15, 0.2) is 0 Å². The average molecular weight is 229 g/mol. The third kappa shape index (κ3) is 3.19. The van der Waals surface area contributed by atoms with Gasteiger partial charge < -0.3 is 9.84 Å². The fraction of sp³-hybridized carbons (Fsp3) is 0.917. The number of nitrogens with zero attached hydrogens (tertiary/aromatic N) is 1. The lowest BCUT2D eigenvalue weighted by molar-refractivity contribution is -0.151. The first-order valence-corrected chi connectivity index (χ1v) is 5.94. The molecule has 1 saturated heterocycles. The summed E-state index contributed by atoms with van der Waals surface area (Å²) in [4.78, 5) is 13.8. The SMILES string of the molecule is COC(=O)C(C)(C)CCN1CCC[C@@H]1CO. The lowest BCUT2D eigenvalue weighted by Gasteiger charge is -2.27. The van der Waals surface area contributed by atoms with Crippen LogP contribution in [0.4, 0.5) is 0 Å². The lowest BCUT2D eigenvalue weighted by Crippen LogP contribution is -2.37. The molecule has 0 spiro atoms. The van der Waals surface area contributed by atoms with Crippen molar-refractivity contribution in [2.45, 2.75) is 39.2 Å². The Morgan fingerprint density at radius 3 is 2.81 bits per heavy atom. The number of aliphatic hydroxyl groups excluding tert-OH is 1. The van der Waals surface area contributed by atoms with Gasteiger partial charge in [-0.2, -0.15) is 0 Å². The lowest BCUT2D eigenvalue weighted by atomic mass is 9.89. The normalized spacial score (nSPS) is 22.4. The summed E-state index contributed by atoms with van der Waals surface area (Å²) >= 11 is 0. The van der Waals surface area contributed by atoms with E-state index in [0.29, 0.717) is 0 Å². The molecule has 0 aromatic heterocycles. The molecule has 4 nitrogen and oxygen atoms in total. The van der Waals surface area contributed by atoms with E-state index in [2.05, 4.69) is 4.90 Å². The molecule has 0 saturated carbocycles. The largest absolute Gasteiger partial charge is 0.469 e. The topological polar surface area (TPSA) is 49.8 Å². The van der Waals surface area contributed by atoms with Crippen LogP contribution in [0.1, 0.15) is 33.1 Å². The van der Waals surface area contributed by atoms with Crippen molar-refractivity contribution < 1.29 is 14.6 Å². The highest BCUT2D eigenvalue weighted by atomic mass is 16.5. The molecular weight excluding hydrogens is 206 g/mol. The number of carbonyl (C=O) groups excluding carboxylic acids is 1. The number of hydrogen-bond acceptors (Lipinski definition) is 4. The van der Waals surface area contributed by atoms with Gasteiger partial charge >= 0.3 is 5.97 Å². The second-order valence-electron chi connectivity index (χ2n) is 5.14. The summed E-state index contributed by atoms with van der Waals surface area (Å²) in [5, 5.41) is 9.19. The van der Waals surface area contributed by atoms with Gasteiger partial charge in [-0.1, -0.05) is 0 Å². The Bertz CT molecular complexity index is 240. The van der Waals surface area contributed by atoms with Crippen molar-refractivity contribution in [3.63, 3.8) is 0 Å². The number of ether oxygens (including phenoxy) is 1. The zero-order chi connectivity index (χ0) is 12.2. The molecule has 1 aliphatic rings. The highest BCUT2D eigenvalue weighted by Gasteiger charge is 2.31. The summed E-state index contributed by atoms with van der Waals surface area (Å²) in [5.41, 5.74) is -0.433. The first-order valence-electron chi connectivity index (χ1n) is 5.94. The minimum absolute atomic E-state index is 0.160. The van der Waals surface area contributed by atoms with Crippen molar-refractivity contribution in [3.8, 4) is 0 Å². The Morgan fingerprint density at radius 2 is 2.25 bits per heavy atom. The van der Waals surface area contributed by atoms with Crippen molar-refractivity contribution >= 4 is 5.97 Å². The van der Waals surface area contributed by atoms with Crippen molar-refractivity contribution in [1.29, 1.82) is 0 Å². The van der Waals surface area contributed by atoms with Gasteiger partial charge in [0.05, 0.1) is 19.1 Å². The maximum absolute atomic E-state index is 11.5. The molecule has 94 valence electrons. The Balaban J connectivity index is 2.41. The second-order valence-corrected chi connectivity index (χ2v) is 5.14. The smallest absolute Gasteiger partial charge is 0.311 e. The molecule has 16 heavy (non-hydrogen) atoms. The van der Waals surface area contributed by atoms with Crippen LogP contribution in [0.2, 0.25) is 0 Å². The quantitative estimate of drug-likeness (QED) is 0.715. The van der Waals surface area contributed by atoms with Gasteiger partial charge in [0.25, 0.3) is 0 Å². The zero-order valence-corrected chi connectivity index (χ0v) is 10.5. The molecule has 1 fully saturated rings. The minimum Gasteiger partial charge on any atom is -0.469 e. The summed E-state index contributed by atoms with van der Waals surface area (Å²) in [6.45, 7) is 5.92. The van der Waals surface area contributed by atoms with Gasteiger partial charge in [-0.3, -0.25) is 9.69 Å². The van der Waals surface area contributed by atoms with Crippen LogP contribution >= 0.6 is 0 Å². The predicted molar refractivity (Wildman–Crippen MR) is 62.1 cm³/mol. The summed E-state index contributed by atoms with van der Waals surface area (Å²) in [6.07, 6.45) is 2.98. The number of likely N-dealkylation sites (tertiary alicyclic amines) is 1. The Morgan fingerprint density at radius 1 is 1.56 bits per heavy atom. The molecule has 0 radical (unpaired) electrons. The predicted octanol–water partition coefficient (Wildman–Crippen LogP) is 1.03.